The van der Waals surface area contributed by atoms with Crippen LogP contribution in [0, 0.1) is 28.6 Å². The van der Waals surface area contributed by atoms with Crippen molar-refractivity contribution < 1.29 is 28.6 Å². The van der Waals surface area contributed by atoms with Crippen molar-refractivity contribution in [3.05, 3.63) is 75.8 Å². The molecule has 0 spiro atoms. The van der Waals surface area contributed by atoms with E-state index < -0.39 is 29.6 Å². The minimum atomic E-state index is -0.867. The molecule has 0 radical (unpaired) electrons. The van der Waals surface area contributed by atoms with Gasteiger partial charge in [0.15, 0.2) is 0 Å². The number of carbonyl (C=O) groups excluding carboxylic acids is 3. The van der Waals surface area contributed by atoms with Crippen LogP contribution in [0.1, 0.15) is 77.1 Å². The van der Waals surface area contributed by atoms with Gasteiger partial charge >= 0.3 is 12.1 Å². The zero-order valence-corrected chi connectivity index (χ0v) is 36.2. The number of nitriles is 2. The summed E-state index contributed by atoms with van der Waals surface area (Å²) >= 11 is 9.02. The van der Waals surface area contributed by atoms with Crippen molar-refractivity contribution in [2.24, 2.45) is 5.92 Å². The molecule has 16 heteroatoms. The van der Waals surface area contributed by atoms with Gasteiger partial charge in [0.05, 0.1) is 11.3 Å². The van der Waals surface area contributed by atoms with E-state index in [1.165, 1.54) is 23.1 Å². The van der Waals surface area contributed by atoms with E-state index in [4.69, 9.17) is 35.8 Å². The van der Waals surface area contributed by atoms with E-state index in [0.717, 1.165) is 42.2 Å². The number of aromatic nitrogens is 2. The molecular formula is C43H48ClN7O6S2. The summed E-state index contributed by atoms with van der Waals surface area (Å²) < 4.78 is 16.5. The van der Waals surface area contributed by atoms with Gasteiger partial charge in [-0.25, -0.2) is 19.6 Å². The molecule has 0 bridgehead atoms. The third kappa shape index (κ3) is 13.1. The number of hydrogen-bond acceptors (Lipinski definition) is 13. The number of nitrogens with zero attached hydrogens (tertiary/aromatic N) is 5. The van der Waals surface area contributed by atoms with E-state index in [2.05, 4.69) is 27.7 Å². The molecule has 1 aliphatic heterocycles. The van der Waals surface area contributed by atoms with Crippen LogP contribution in [-0.4, -0.2) is 72.4 Å². The fourth-order valence-electron chi connectivity index (χ4n) is 6.22. The lowest BCUT2D eigenvalue weighted by Gasteiger charge is -2.22. The van der Waals surface area contributed by atoms with Crippen LogP contribution in [0.5, 0.6) is 5.75 Å². The lowest BCUT2D eigenvalue weighted by atomic mass is 9.96. The van der Waals surface area contributed by atoms with E-state index in [1.807, 2.05) is 43.5 Å². The molecule has 13 nitrogen and oxygen atoms in total. The third-order valence-corrected chi connectivity index (χ3v) is 11.1. The fraction of sp³-hybridized carbons (Fsp3) is 0.419. The van der Waals surface area contributed by atoms with Crippen molar-refractivity contribution in [1.29, 1.82) is 10.5 Å². The molecule has 310 valence electrons. The summed E-state index contributed by atoms with van der Waals surface area (Å²) in [5.74, 6) is 0.638. The number of carbonyl (C=O) groups is 3. The fourth-order valence-corrected chi connectivity index (χ4v) is 8.15. The smallest absolute Gasteiger partial charge is 0.407 e. The van der Waals surface area contributed by atoms with Gasteiger partial charge in [0.2, 0.25) is 5.91 Å². The molecule has 1 fully saturated rings. The van der Waals surface area contributed by atoms with Crippen LogP contribution in [-0.2, 0) is 24.8 Å². The van der Waals surface area contributed by atoms with Crippen LogP contribution in [0.15, 0.2) is 58.9 Å². The standard InChI is InChI=1S/C43H48ClN7O6S2/c1-27(2)22-35(49-36(52)16-17-47-42(54)57-43(3,4)5)41(53)56-21-20-55-32-14-10-28(11-15-32)37-33(23-45)38(51-18-6-7-19-51)50-40(34(37)24-46)59-26-31-25-58-39(48-31)29-8-12-30(44)13-9-29/h8-15,25,27,35H,6-7,16-22,26H2,1-5H3,(H,47,54)(H,49,52). The van der Waals surface area contributed by atoms with Gasteiger partial charge in [0.1, 0.15) is 64.2 Å². The normalized spacial score (nSPS) is 13.0. The van der Waals surface area contributed by atoms with E-state index in [1.54, 1.807) is 45.0 Å². The first-order valence-corrected chi connectivity index (χ1v) is 21.6. The number of hydrogen-bond donors (Lipinski definition) is 2. The predicted molar refractivity (Wildman–Crippen MR) is 229 cm³/mol. The SMILES string of the molecule is CC(C)CC(NC(=O)CCNC(=O)OC(C)(C)C)C(=O)OCCOc1ccc(-c2c(C#N)c(SCc3csc(-c4ccc(Cl)cc4)n3)nc(N3CCCC3)c2C#N)cc1. The second-order valence-corrected chi connectivity index (χ2v) is 17.5. The lowest BCUT2D eigenvalue weighted by Crippen LogP contribution is -2.44. The molecule has 1 atom stereocenters. The molecule has 5 rings (SSSR count). The Morgan fingerprint density at radius 2 is 1.64 bits per heavy atom. The van der Waals surface area contributed by atoms with Crippen molar-refractivity contribution in [3.8, 4) is 39.6 Å². The van der Waals surface area contributed by atoms with Crippen LogP contribution in [0.4, 0.5) is 10.6 Å². The van der Waals surface area contributed by atoms with Gasteiger partial charge in [-0.05, 0) is 75.8 Å². The third-order valence-electron chi connectivity index (χ3n) is 8.86. The average Bonchev–Trinajstić information content (AvgIpc) is 3.91. The lowest BCUT2D eigenvalue weighted by molar-refractivity contribution is -0.149. The second kappa shape index (κ2) is 21.1. The number of amides is 2. The van der Waals surface area contributed by atoms with Crippen molar-refractivity contribution in [2.45, 2.75) is 82.7 Å². The number of ether oxygens (including phenoxy) is 3. The van der Waals surface area contributed by atoms with Crippen molar-refractivity contribution >= 4 is 58.5 Å². The number of esters is 1. The first kappa shape index (κ1) is 44.7. The van der Waals surface area contributed by atoms with Crippen LogP contribution in [0.25, 0.3) is 21.7 Å². The first-order valence-electron chi connectivity index (χ1n) is 19.4. The predicted octanol–water partition coefficient (Wildman–Crippen LogP) is 8.53. The maximum Gasteiger partial charge on any atom is 0.407 e. The van der Waals surface area contributed by atoms with Crippen LogP contribution >= 0.6 is 34.7 Å². The molecular weight excluding hydrogens is 810 g/mol. The monoisotopic (exact) mass is 857 g/mol. The van der Waals surface area contributed by atoms with Crippen LogP contribution < -0.4 is 20.3 Å². The van der Waals surface area contributed by atoms with Gasteiger partial charge in [-0.3, -0.25) is 4.79 Å². The number of anilines is 1. The average molecular weight is 858 g/mol. The Hall–Kier alpha value is -5.35. The largest absolute Gasteiger partial charge is 0.490 e. The number of pyridine rings is 1. The van der Waals surface area contributed by atoms with Gasteiger partial charge in [-0.2, -0.15) is 10.5 Å². The molecule has 3 heterocycles. The number of thioether (sulfide) groups is 1. The maximum absolute atomic E-state index is 13.0. The van der Waals surface area contributed by atoms with E-state index in [0.29, 0.717) is 56.0 Å². The minimum absolute atomic E-state index is 0.0374. The molecule has 1 unspecified atom stereocenters. The van der Waals surface area contributed by atoms with E-state index in [-0.39, 0.29) is 32.1 Å². The number of alkyl carbamates (subject to hydrolysis) is 1. The molecule has 4 aromatic rings. The Morgan fingerprint density at radius 1 is 0.966 bits per heavy atom. The highest BCUT2D eigenvalue weighted by Crippen LogP contribution is 2.40. The molecule has 59 heavy (non-hydrogen) atoms. The molecule has 1 aliphatic rings. The summed E-state index contributed by atoms with van der Waals surface area (Å²) in [7, 11) is 0. The summed E-state index contributed by atoms with van der Waals surface area (Å²) in [5, 5.41) is 30.3. The van der Waals surface area contributed by atoms with Crippen molar-refractivity contribution in [1.82, 2.24) is 20.6 Å². The Kier molecular flexibility index (Phi) is 16.0. The van der Waals surface area contributed by atoms with Gasteiger partial charge < -0.3 is 29.7 Å². The minimum Gasteiger partial charge on any atom is -0.490 e. The Morgan fingerprint density at radius 3 is 2.29 bits per heavy atom. The highest BCUT2D eigenvalue weighted by Gasteiger charge is 2.27. The highest BCUT2D eigenvalue weighted by molar-refractivity contribution is 7.98. The van der Waals surface area contributed by atoms with Crippen LogP contribution in [0.2, 0.25) is 5.02 Å². The summed E-state index contributed by atoms with van der Waals surface area (Å²) in [6.07, 6.45) is 1.68. The van der Waals surface area contributed by atoms with Gasteiger partial charge in [-0.1, -0.05) is 61.5 Å². The van der Waals surface area contributed by atoms with E-state index >= 15 is 0 Å². The first-order chi connectivity index (χ1) is 28.2. The Balaban J connectivity index is 1.23. The molecule has 0 aliphatic carbocycles. The summed E-state index contributed by atoms with van der Waals surface area (Å²) in [5.41, 5.74) is 2.98. The maximum atomic E-state index is 13.0. The zero-order valence-electron chi connectivity index (χ0n) is 33.8. The summed E-state index contributed by atoms with van der Waals surface area (Å²) in [4.78, 5) is 49.3. The quantitative estimate of drug-likeness (QED) is 0.0588. The Bertz CT molecular complexity index is 2170. The summed E-state index contributed by atoms with van der Waals surface area (Å²) in [6.45, 7) is 10.7. The molecule has 2 N–H and O–H groups in total. The number of thiazole rings is 1. The van der Waals surface area contributed by atoms with Crippen molar-refractivity contribution in [2.75, 3.05) is 37.7 Å². The molecule has 1 saturated heterocycles. The molecule has 2 aromatic heterocycles. The van der Waals surface area contributed by atoms with Gasteiger partial charge in [-0.15, -0.1) is 11.3 Å². The van der Waals surface area contributed by atoms with Gasteiger partial charge in [0.25, 0.3) is 0 Å². The number of rotatable bonds is 17. The van der Waals surface area contributed by atoms with Crippen molar-refractivity contribution in [3.63, 3.8) is 0 Å². The molecule has 2 amide bonds. The molecule has 0 saturated carbocycles. The molecule has 2 aromatic carbocycles. The summed E-state index contributed by atoms with van der Waals surface area (Å²) in [6, 6.07) is 18.4. The topological polar surface area (TPSA) is 180 Å². The Labute approximate surface area is 358 Å². The number of benzene rings is 2. The van der Waals surface area contributed by atoms with Crippen LogP contribution in [0.3, 0.4) is 0 Å². The zero-order chi connectivity index (χ0) is 42.5. The second-order valence-electron chi connectivity index (χ2n) is 15.2. The van der Waals surface area contributed by atoms with Gasteiger partial charge in [0, 0.05) is 53.3 Å². The van der Waals surface area contributed by atoms with E-state index in [9.17, 15) is 24.9 Å². The highest BCUT2D eigenvalue weighted by atomic mass is 35.5. The number of nitrogens with one attached hydrogen (secondary N) is 2. The number of halogens is 1.